The van der Waals surface area contributed by atoms with Crippen molar-refractivity contribution >= 4 is 17.9 Å². The zero-order valence-electron chi connectivity index (χ0n) is 12.2. The normalized spacial score (nSPS) is 18.2. The van der Waals surface area contributed by atoms with E-state index in [0.717, 1.165) is 10.5 Å². The second kappa shape index (κ2) is 5.67. The van der Waals surface area contributed by atoms with Crippen LogP contribution in [0.15, 0.2) is 24.3 Å². The van der Waals surface area contributed by atoms with E-state index in [2.05, 4.69) is 4.74 Å². The van der Waals surface area contributed by atoms with Crippen LogP contribution in [-0.2, 0) is 20.7 Å². The van der Waals surface area contributed by atoms with Crippen LogP contribution in [0.1, 0.15) is 5.56 Å². The second-order valence-electron chi connectivity index (χ2n) is 5.26. The van der Waals surface area contributed by atoms with Gasteiger partial charge in [0.2, 0.25) is 5.91 Å². The number of rotatable bonds is 4. The van der Waals surface area contributed by atoms with Crippen LogP contribution in [0.5, 0.6) is 5.75 Å². The lowest BCUT2D eigenvalue weighted by molar-refractivity contribution is -0.141. The molecule has 0 radical (unpaired) electrons. The van der Waals surface area contributed by atoms with Gasteiger partial charge in [-0.1, -0.05) is 18.2 Å². The second-order valence-corrected chi connectivity index (χ2v) is 5.26. The third-order valence-electron chi connectivity index (χ3n) is 3.90. The molecular formula is C15H16N2O5. The summed E-state index contributed by atoms with van der Waals surface area (Å²) >= 11 is 0. The van der Waals surface area contributed by atoms with Crippen molar-refractivity contribution in [2.45, 2.75) is 12.5 Å². The topological polar surface area (TPSA) is 76.2 Å². The zero-order chi connectivity index (χ0) is 15.7. The number of nitrogens with zero attached hydrogens (tertiary/aromatic N) is 2. The molecule has 7 heteroatoms. The van der Waals surface area contributed by atoms with Crippen LogP contribution in [-0.4, -0.2) is 60.6 Å². The van der Waals surface area contributed by atoms with E-state index >= 15 is 0 Å². The SMILES string of the molecule is COc1ccccc1CC(=O)N1CC(N2C(=O)COC2=O)C1. The Hall–Kier alpha value is -2.57. The Bertz CT molecular complexity index is 608. The van der Waals surface area contributed by atoms with Gasteiger partial charge in [-0.15, -0.1) is 0 Å². The number of likely N-dealkylation sites (tertiary alicyclic amines) is 1. The summed E-state index contributed by atoms with van der Waals surface area (Å²) in [4.78, 5) is 37.9. The Kier molecular flexibility index (Phi) is 3.70. The van der Waals surface area contributed by atoms with Gasteiger partial charge in [-0.05, 0) is 6.07 Å². The number of ether oxygens (including phenoxy) is 2. The van der Waals surface area contributed by atoms with Crippen molar-refractivity contribution in [1.29, 1.82) is 0 Å². The van der Waals surface area contributed by atoms with Crippen molar-refractivity contribution in [2.24, 2.45) is 0 Å². The molecule has 22 heavy (non-hydrogen) atoms. The van der Waals surface area contributed by atoms with Crippen molar-refractivity contribution in [3.05, 3.63) is 29.8 Å². The van der Waals surface area contributed by atoms with Crippen molar-refractivity contribution in [3.8, 4) is 5.75 Å². The third-order valence-corrected chi connectivity index (χ3v) is 3.90. The molecule has 3 rings (SSSR count). The van der Waals surface area contributed by atoms with Gasteiger partial charge in [0.1, 0.15) is 5.75 Å². The Morgan fingerprint density at radius 1 is 1.32 bits per heavy atom. The predicted octanol–water partition coefficient (Wildman–Crippen LogP) is 0.427. The molecule has 0 aliphatic carbocycles. The minimum absolute atomic E-state index is 0.0548. The summed E-state index contributed by atoms with van der Waals surface area (Å²) in [5.74, 6) is 0.277. The minimum atomic E-state index is -0.619. The van der Waals surface area contributed by atoms with Crippen molar-refractivity contribution in [1.82, 2.24) is 9.80 Å². The summed E-state index contributed by atoms with van der Waals surface area (Å²) in [5, 5.41) is 0. The number of carbonyl (C=O) groups is 3. The molecule has 0 spiro atoms. The number of benzene rings is 1. The highest BCUT2D eigenvalue weighted by Crippen LogP contribution is 2.23. The summed E-state index contributed by atoms with van der Waals surface area (Å²) in [5.41, 5.74) is 0.815. The molecule has 0 atom stereocenters. The molecule has 1 aromatic carbocycles. The number of para-hydroxylation sites is 1. The van der Waals surface area contributed by atoms with Crippen LogP contribution in [0, 0.1) is 0 Å². The number of hydrogen-bond acceptors (Lipinski definition) is 5. The van der Waals surface area contributed by atoms with E-state index in [4.69, 9.17) is 4.74 Å². The van der Waals surface area contributed by atoms with Crippen molar-refractivity contribution < 1.29 is 23.9 Å². The monoisotopic (exact) mass is 304 g/mol. The largest absolute Gasteiger partial charge is 0.496 e. The molecule has 0 bridgehead atoms. The zero-order valence-corrected chi connectivity index (χ0v) is 12.2. The molecule has 0 N–H and O–H groups in total. The van der Waals surface area contributed by atoms with Gasteiger partial charge >= 0.3 is 6.09 Å². The maximum atomic E-state index is 12.2. The number of amides is 3. The van der Waals surface area contributed by atoms with E-state index in [1.807, 2.05) is 18.2 Å². The Morgan fingerprint density at radius 3 is 2.68 bits per heavy atom. The van der Waals surface area contributed by atoms with Crippen molar-refractivity contribution in [3.63, 3.8) is 0 Å². The van der Waals surface area contributed by atoms with Crippen LogP contribution in [0.25, 0.3) is 0 Å². The highest BCUT2D eigenvalue weighted by molar-refractivity contribution is 5.98. The minimum Gasteiger partial charge on any atom is -0.496 e. The fraction of sp³-hybridized carbons (Fsp3) is 0.400. The van der Waals surface area contributed by atoms with E-state index in [-0.39, 0.29) is 30.9 Å². The van der Waals surface area contributed by atoms with Crippen LogP contribution < -0.4 is 4.74 Å². The Balaban J connectivity index is 1.57. The fourth-order valence-corrected chi connectivity index (χ4v) is 2.66. The lowest BCUT2D eigenvalue weighted by atomic mass is 10.0. The molecular weight excluding hydrogens is 288 g/mol. The molecule has 1 aromatic rings. The first kappa shape index (κ1) is 14.4. The van der Waals surface area contributed by atoms with Gasteiger partial charge < -0.3 is 14.4 Å². The lowest BCUT2D eigenvalue weighted by Crippen LogP contribution is -2.62. The number of carbonyl (C=O) groups excluding carboxylic acids is 3. The molecule has 2 aliphatic rings. The molecule has 7 nitrogen and oxygen atoms in total. The van der Waals surface area contributed by atoms with Gasteiger partial charge in [0.25, 0.3) is 5.91 Å². The quantitative estimate of drug-likeness (QED) is 0.806. The summed E-state index contributed by atoms with van der Waals surface area (Å²) < 4.78 is 9.90. The highest BCUT2D eigenvalue weighted by atomic mass is 16.6. The van der Waals surface area contributed by atoms with Gasteiger partial charge in [0.05, 0.1) is 19.6 Å². The number of methoxy groups -OCH3 is 1. The summed E-state index contributed by atoms with van der Waals surface area (Å²) in [6, 6.07) is 7.07. The maximum absolute atomic E-state index is 12.2. The molecule has 0 unspecified atom stereocenters. The first-order chi connectivity index (χ1) is 10.6. The van der Waals surface area contributed by atoms with Gasteiger partial charge in [0.15, 0.2) is 6.61 Å². The molecule has 3 amide bonds. The Morgan fingerprint density at radius 2 is 2.05 bits per heavy atom. The van der Waals surface area contributed by atoms with Crippen molar-refractivity contribution in [2.75, 3.05) is 26.8 Å². The maximum Gasteiger partial charge on any atom is 0.417 e. The van der Waals surface area contributed by atoms with E-state index in [1.165, 1.54) is 0 Å². The third kappa shape index (κ3) is 2.49. The van der Waals surface area contributed by atoms with E-state index in [9.17, 15) is 14.4 Å². The van der Waals surface area contributed by atoms with E-state index in [0.29, 0.717) is 18.8 Å². The van der Waals surface area contributed by atoms with Gasteiger partial charge in [0, 0.05) is 18.7 Å². The smallest absolute Gasteiger partial charge is 0.417 e. The standard InChI is InChI=1S/C15H16N2O5/c1-21-12-5-3-2-4-10(12)6-13(18)16-7-11(8-16)17-14(19)9-22-15(17)20/h2-5,11H,6-9H2,1H3. The fourth-order valence-electron chi connectivity index (χ4n) is 2.66. The predicted molar refractivity (Wildman–Crippen MR) is 75.3 cm³/mol. The highest BCUT2D eigenvalue weighted by Gasteiger charge is 2.44. The number of cyclic esters (lactones) is 1. The first-order valence-electron chi connectivity index (χ1n) is 6.98. The number of imide groups is 1. The average molecular weight is 304 g/mol. The van der Waals surface area contributed by atoms with Crippen LogP contribution in [0.3, 0.4) is 0 Å². The number of hydrogen-bond donors (Lipinski definition) is 0. The molecule has 0 aromatic heterocycles. The van der Waals surface area contributed by atoms with Crippen LogP contribution in [0.2, 0.25) is 0 Å². The first-order valence-corrected chi connectivity index (χ1v) is 6.98. The lowest BCUT2D eigenvalue weighted by Gasteiger charge is -2.42. The molecule has 2 fully saturated rings. The van der Waals surface area contributed by atoms with E-state index < -0.39 is 6.09 Å². The van der Waals surface area contributed by atoms with Gasteiger partial charge in [-0.2, -0.15) is 0 Å². The summed E-state index contributed by atoms with van der Waals surface area (Å²) in [6.07, 6.45) is -0.387. The molecule has 2 saturated heterocycles. The molecule has 116 valence electrons. The van der Waals surface area contributed by atoms with Gasteiger partial charge in [-0.3, -0.25) is 9.59 Å². The summed E-state index contributed by atoms with van der Waals surface area (Å²) in [6.45, 7) is 0.508. The van der Waals surface area contributed by atoms with Crippen LogP contribution >= 0.6 is 0 Å². The Labute approximate surface area is 127 Å². The molecule has 2 aliphatic heterocycles. The molecule has 0 saturated carbocycles. The molecule has 2 heterocycles. The average Bonchev–Trinajstić information content (AvgIpc) is 2.78. The van der Waals surface area contributed by atoms with E-state index in [1.54, 1.807) is 18.1 Å². The van der Waals surface area contributed by atoms with Crippen LogP contribution in [0.4, 0.5) is 4.79 Å². The van der Waals surface area contributed by atoms with Gasteiger partial charge in [-0.25, -0.2) is 9.69 Å². The summed E-state index contributed by atoms with van der Waals surface area (Å²) in [7, 11) is 1.56.